The largest absolute Gasteiger partial charge is 0.497 e. The Morgan fingerprint density at radius 1 is 1.23 bits per heavy atom. The number of hydrogen-bond donors (Lipinski definition) is 0. The lowest BCUT2D eigenvalue weighted by Crippen LogP contribution is -2.40. The minimum absolute atomic E-state index is 0.0615. The molecule has 1 fully saturated rings. The molecule has 0 amide bonds. The van der Waals surface area contributed by atoms with Gasteiger partial charge in [-0.15, -0.1) is 0 Å². The first-order valence-corrected chi connectivity index (χ1v) is 9.48. The summed E-state index contributed by atoms with van der Waals surface area (Å²) < 4.78 is 11.4. The summed E-state index contributed by atoms with van der Waals surface area (Å²) in [5.41, 5.74) is 4.61. The average Bonchev–Trinajstić information content (AvgIpc) is 2.61. The summed E-state index contributed by atoms with van der Waals surface area (Å²) in [7, 11) is 1.71. The van der Waals surface area contributed by atoms with Crippen molar-refractivity contribution in [3.8, 4) is 5.75 Å². The highest BCUT2D eigenvalue weighted by atomic mass is 16.5. The van der Waals surface area contributed by atoms with Crippen LogP contribution in [0.2, 0.25) is 0 Å². The monoisotopic (exact) mass is 354 g/mol. The highest BCUT2D eigenvalue weighted by molar-refractivity contribution is 5.34. The molecule has 0 saturated carbocycles. The van der Waals surface area contributed by atoms with Crippen molar-refractivity contribution in [1.82, 2.24) is 9.88 Å². The van der Waals surface area contributed by atoms with Gasteiger partial charge in [-0.2, -0.15) is 0 Å². The Labute approximate surface area is 157 Å². The molecule has 0 aliphatic carbocycles. The van der Waals surface area contributed by atoms with Gasteiger partial charge in [-0.3, -0.25) is 9.88 Å². The van der Waals surface area contributed by atoms with Gasteiger partial charge in [-0.05, 0) is 54.7 Å². The maximum absolute atomic E-state index is 6.05. The molecule has 26 heavy (non-hydrogen) atoms. The Morgan fingerprint density at radius 3 is 2.85 bits per heavy atom. The zero-order valence-electron chi connectivity index (χ0n) is 16.4. The lowest BCUT2D eigenvalue weighted by molar-refractivity contribution is -0.0353. The first-order chi connectivity index (χ1) is 12.5. The Bertz CT molecular complexity index is 730. The molecule has 3 rings (SSSR count). The normalized spacial score (nSPS) is 18.3. The van der Waals surface area contributed by atoms with E-state index < -0.39 is 0 Å². The van der Waals surface area contributed by atoms with Crippen LogP contribution < -0.4 is 4.74 Å². The fraction of sp³-hybridized carbons (Fsp3) is 0.500. The van der Waals surface area contributed by atoms with Crippen molar-refractivity contribution in [3.63, 3.8) is 0 Å². The molecule has 1 unspecified atom stereocenters. The second-order valence-corrected chi connectivity index (χ2v) is 7.58. The lowest BCUT2D eigenvalue weighted by Gasteiger charge is -2.33. The van der Waals surface area contributed by atoms with E-state index in [1.165, 1.54) is 11.1 Å². The summed E-state index contributed by atoms with van der Waals surface area (Å²) in [5.74, 6) is 1.57. The smallest absolute Gasteiger partial charge is 0.119 e. The SMILES string of the molecule is COc1cccc(Cc2cc(C)nc(C3CN(CC(C)C)CCO3)c2)c1. The fourth-order valence-electron chi connectivity index (χ4n) is 3.62. The molecule has 2 heterocycles. The molecule has 1 saturated heterocycles. The Hall–Kier alpha value is -1.91. The van der Waals surface area contributed by atoms with Crippen molar-refractivity contribution in [2.75, 3.05) is 33.4 Å². The molecule has 1 aliphatic heterocycles. The zero-order chi connectivity index (χ0) is 18.5. The van der Waals surface area contributed by atoms with Crippen molar-refractivity contribution < 1.29 is 9.47 Å². The number of aryl methyl sites for hydroxylation is 1. The highest BCUT2D eigenvalue weighted by Crippen LogP contribution is 2.24. The van der Waals surface area contributed by atoms with Gasteiger partial charge in [0.1, 0.15) is 11.9 Å². The number of ether oxygens (including phenoxy) is 2. The molecule has 2 aromatic rings. The topological polar surface area (TPSA) is 34.6 Å². The second kappa shape index (κ2) is 8.65. The zero-order valence-corrected chi connectivity index (χ0v) is 16.4. The molecule has 1 aliphatic rings. The molecule has 0 bridgehead atoms. The summed E-state index contributed by atoms with van der Waals surface area (Å²) in [6.07, 6.45) is 0.933. The van der Waals surface area contributed by atoms with E-state index in [2.05, 4.69) is 49.9 Å². The van der Waals surface area contributed by atoms with Crippen LogP contribution in [0.5, 0.6) is 5.75 Å². The molecule has 0 spiro atoms. The lowest BCUT2D eigenvalue weighted by atomic mass is 10.0. The first kappa shape index (κ1) is 18.9. The van der Waals surface area contributed by atoms with Gasteiger partial charge in [-0.25, -0.2) is 0 Å². The maximum atomic E-state index is 6.05. The summed E-state index contributed by atoms with van der Waals surface area (Å²) in [4.78, 5) is 7.26. The van der Waals surface area contributed by atoms with Crippen LogP contribution >= 0.6 is 0 Å². The molecule has 1 aromatic carbocycles. The van der Waals surface area contributed by atoms with Crippen LogP contribution in [0.4, 0.5) is 0 Å². The molecular formula is C22H30N2O2. The minimum Gasteiger partial charge on any atom is -0.497 e. The molecule has 140 valence electrons. The Morgan fingerprint density at radius 2 is 2.08 bits per heavy atom. The van der Waals surface area contributed by atoms with E-state index in [1.807, 2.05) is 12.1 Å². The van der Waals surface area contributed by atoms with Gasteiger partial charge in [0.25, 0.3) is 0 Å². The average molecular weight is 354 g/mol. The van der Waals surface area contributed by atoms with Gasteiger partial charge in [0, 0.05) is 25.3 Å². The third-order valence-corrected chi connectivity index (χ3v) is 4.68. The molecule has 4 nitrogen and oxygen atoms in total. The summed E-state index contributed by atoms with van der Waals surface area (Å²) >= 11 is 0. The maximum Gasteiger partial charge on any atom is 0.119 e. The fourth-order valence-corrected chi connectivity index (χ4v) is 3.62. The number of aromatic nitrogens is 1. The number of benzene rings is 1. The quantitative estimate of drug-likeness (QED) is 0.785. The predicted molar refractivity (Wildman–Crippen MR) is 105 cm³/mol. The van der Waals surface area contributed by atoms with E-state index in [0.717, 1.165) is 49.8 Å². The molecule has 0 radical (unpaired) electrons. The number of nitrogens with zero attached hydrogens (tertiary/aromatic N) is 2. The van der Waals surface area contributed by atoms with Crippen LogP contribution in [0.25, 0.3) is 0 Å². The van der Waals surface area contributed by atoms with Crippen LogP contribution in [0.3, 0.4) is 0 Å². The molecule has 4 heteroatoms. The summed E-state index contributed by atoms with van der Waals surface area (Å²) in [6.45, 7) is 10.4. The first-order valence-electron chi connectivity index (χ1n) is 9.48. The van der Waals surface area contributed by atoms with E-state index >= 15 is 0 Å². The summed E-state index contributed by atoms with van der Waals surface area (Å²) in [5, 5.41) is 0. The Balaban J connectivity index is 1.76. The van der Waals surface area contributed by atoms with Crippen molar-refractivity contribution in [1.29, 1.82) is 0 Å². The van der Waals surface area contributed by atoms with Gasteiger partial charge in [0.05, 0.1) is 19.4 Å². The molecule has 1 atom stereocenters. The standard InChI is InChI=1S/C22H30N2O2/c1-16(2)14-24-8-9-26-22(15-24)21-13-19(10-17(3)23-21)11-18-6-5-7-20(12-18)25-4/h5-7,10,12-13,16,22H,8-9,11,14-15H2,1-4H3. The number of methoxy groups -OCH3 is 1. The number of hydrogen-bond acceptors (Lipinski definition) is 4. The van der Waals surface area contributed by atoms with Gasteiger partial charge in [-0.1, -0.05) is 26.0 Å². The van der Waals surface area contributed by atoms with E-state index in [9.17, 15) is 0 Å². The number of morpholine rings is 1. The van der Waals surface area contributed by atoms with Gasteiger partial charge < -0.3 is 9.47 Å². The third kappa shape index (κ3) is 5.05. The van der Waals surface area contributed by atoms with Gasteiger partial charge in [0.15, 0.2) is 0 Å². The molecule has 1 aromatic heterocycles. The van der Waals surface area contributed by atoms with Crippen molar-refractivity contribution >= 4 is 0 Å². The van der Waals surface area contributed by atoms with Crippen molar-refractivity contribution in [2.24, 2.45) is 5.92 Å². The van der Waals surface area contributed by atoms with E-state index in [1.54, 1.807) is 7.11 Å². The predicted octanol–water partition coefficient (Wildman–Crippen LogP) is 4.02. The summed E-state index contributed by atoms with van der Waals surface area (Å²) in [6, 6.07) is 12.6. The van der Waals surface area contributed by atoms with Crippen LogP contribution in [-0.4, -0.2) is 43.2 Å². The molecule has 0 N–H and O–H groups in total. The third-order valence-electron chi connectivity index (χ3n) is 4.68. The van der Waals surface area contributed by atoms with Crippen LogP contribution in [0.1, 0.15) is 42.5 Å². The van der Waals surface area contributed by atoms with Gasteiger partial charge in [0.2, 0.25) is 0 Å². The van der Waals surface area contributed by atoms with E-state index in [-0.39, 0.29) is 6.10 Å². The van der Waals surface area contributed by atoms with E-state index in [4.69, 9.17) is 14.5 Å². The number of rotatable bonds is 6. The van der Waals surface area contributed by atoms with Gasteiger partial charge >= 0.3 is 0 Å². The molecular weight excluding hydrogens is 324 g/mol. The highest BCUT2D eigenvalue weighted by Gasteiger charge is 2.24. The minimum atomic E-state index is 0.0615. The van der Waals surface area contributed by atoms with Crippen molar-refractivity contribution in [2.45, 2.75) is 33.3 Å². The number of pyridine rings is 1. The Kier molecular flexibility index (Phi) is 6.28. The second-order valence-electron chi connectivity index (χ2n) is 7.58. The van der Waals surface area contributed by atoms with E-state index in [0.29, 0.717) is 5.92 Å². The van der Waals surface area contributed by atoms with Crippen molar-refractivity contribution in [3.05, 3.63) is 58.9 Å². The van der Waals surface area contributed by atoms with Crippen LogP contribution in [0.15, 0.2) is 36.4 Å². The van der Waals surface area contributed by atoms with Crippen LogP contribution in [0, 0.1) is 12.8 Å². The van der Waals surface area contributed by atoms with Crippen LogP contribution in [-0.2, 0) is 11.2 Å².